The van der Waals surface area contributed by atoms with Crippen molar-refractivity contribution in [3.63, 3.8) is 0 Å². The lowest BCUT2D eigenvalue weighted by atomic mass is 10.1. The van der Waals surface area contributed by atoms with Crippen LogP contribution in [0.5, 0.6) is 0 Å². The fourth-order valence-corrected chi connectivity index (χ4v) is 2.28. The molecule has 1 aliphatic heterocycles. The highest BCUT2D eigenvalue weighted by Gasteiger charge is 2.16. The van der Waals surface area contributed by atoms with Gasteiger partial charge in [-0.1, -0.05) is 6.07 Å². The van der Waals surface area contributed by atoms with Gasteiger partial charge in [-0.3, -0.25) is 0 Å². The molecule has 0 bridgehead atoms. The standard InChI is InChI=1S/C13H14FN3/c1-9-2-3-10(14)6-11(9)12-7-16-13-8-15-4-5-17(12)13/h2-3,6-7,15H,4-5,8H2,1H3. The van der Waals surface area contributed by atoms with E-state index in [1.54, 1.807) is 6.07 Å². The van der Waals surface area contributed by atoms with Crippen molar-refractivity contribution in [1.82, 2.24) is 14.9 Å². The molecule has 17 heavy (non-hydrogen) atoms. The predicted octanol–water partition coefficient (Wildman–Crippen LogP) is 2.10. The lowest BCUT2D eigenvalue weighted by Gasteiger charge is -2.18. The number of hydrogen-bond donors (Lipinski definition) is 1. The molecular formula is C13H14FN3. The first-order valence-electron chi connectivity index (χ1n) is 5.77. The topological polar surface area (TPSA) is 29.9 Å². The average molecular weight is 231 g/mol. The van der Waals surface area contributed by atoms with Gasteiger partial charge in [-0.15, -0.1) is 0 Å². The highest BCUT2D eigenvalue weighted by molar-refractivity contribution is 5.63. The number of benzene rings is 1. The van der Waals surface area contributed by atoms with Crippen molar-refractivity contribution in [2.24, 2.45) is 0 Å². The molecule has 0 spiro atoms. The van der Waals surface area contributed by atoms with E-state index >= 15 is 0 Å². The summed E-state index contributed by atoms with van der Waals surface area (Å²) in [5.41, 5.74) is 3.02. The number of rotatable bonds is 1. The van der Waals surface area contributed by atoms with E-state index in [1.807, 2.05) is 19.2 Å². The monoisotopic (exact) mass is 231 g/mol. The average Bonchev–Trinajstić information content (AvgIpc) is 2.76. The van der Waals surface area contributed by atoms with E-state index in [-0.39, 0.29) is 5.82 Å². The number of aromatic nitrogens is 2. The summed E-state index contributed by atoms with van der Waals surface area (Å²) in [5.74, 6) is 0.824. The molecular weight excluding hydrogens is 217 g/mol. The van der Waals surface area contributed by atoms with Gasteiger partial charge in [-0.2, -0.15) is 0 Å². The summed E-state index contributed by atoms with van der Waals surface area (Å²) in [6, 6.07) is 4.89. The molecule has 2 aromatic rings. The Morgan fingerprint density at radius 1 is 1.41 bits per heavy atom. The zero-order valence-corrected chi connectivity index (χ0v) is 9.70. The third-order valence-corrected chi connectivity index (χ3v) is 3.21. The van der Waals surface area contributed by atoms with Gasteiger partial charge < -0.3 is 9.88 Å². The van der Waals surface area contributed by atoms with E-state index in [4.69, 9.17) is 0 Å². The van der Waals surface area contributed by atoms with Crippen molar-refractivity contribution in [3.05, 3.63) is 41.6 Å². The first-order chi connectivity index (χ1) is 8.25. The summed E-state index contributed by atoms with van der Waals surface area (Å²) in [6.45, 7) is 4.61. The Hall–Kier alpha value is -1.68. The molecule has 0 atom stereocenters. The molecule has 0 amide bonds. The highest BCUT2D eigenvalue weighted by atomic mass is 19.1. The minimum Gasteiger partial charge on any atom is -0.326 e. The maximum absolute atomic E-state index is 13.3. The van der Waals surface area contributed by atoms with Crippen molar-refractivity contribution in [2.75, 3.05) is 6.54 Å². The van der Waals surface area contributed by atoms with E-state index in [1.165, 1.54) is 6.07 Å². The second kappa shape index (κ2) is 3.96. The molecule has 0 fully saturated rings. The highest BCUT2D eigenvalue weighted by Crippen LogP contribution is 2.26. The van der Waals surface area contributed by atoms with E-state index in [2.05, 4.69) is 14.9 Å². The molecule has 3 rings (SSSR count). The lowest BCUT2D eigenvalue weighted by Crippen LogP contribution is -2.28. The maximum atomic E-state index is 13.3. The normalized spacial score (nSPS) is 14.7. The molecule has 0 aliphatic carbocycles. The van der Waals surface area contributed by atoms with Crippen molar-refractivity contribution < 1.29 is 4.39 Å². The zero-order valence-electron chi connectivity index (χ0n) is 9.70. The first-order valence-corrected chi connectivity index (χ1v) is 5.77. The smallest absolute Gasteiger partial charge is 0.123 e. The Morgan fingerprint density at radius 2 is 2.29 bits per heavy atom. The quantitative estimate of drug-likeness (QED) is 0.814. The van der Waals surface area contributed by atoms with Crippen molar-refractivity contribution in [3.8, 4) is 11.3 Å². The Bertz CT molecular complexity index is 560. The van der Waals surface area contributed by atoms with Crippen LogP contribution < -0.4 is 5.32 Å². The van der Waals surface area contributed by atoms with Gasteiger partial charge in [0.1, 0.15) is 11.6 Å². The van der Waals surface area contributed by atoms with E-state index in [9.17, 15) is 4.39 Å². The summed E-state index contributed by atoms with van der Waals surface area (Å²) in [7, 11) is 0. The summed E-state index contributed by atoms with van der Waals surface area (Å²) in [6.07, 6.45) is 1.84. The molecule has 0 unspecified atom stereocenters. The van der Waals surface area contributed by atoms with Crippen LogP contribution >= 0.6 is 0 Å². The van der Waals surface area contributed by atoms with Gasteiger partial charge in [-0.25, -0.2) is 9.37 Å². The molecule has 88 valence electrons. The SMILES string of the molecule is Cc1ccc(F)cc1-c1cnc2n1CCNC2. The number of fused-ring (bicyclic) bond motifs is 1. The van der Waals surface area contributed by atoms with Crippen LogP contribution in [0.2, 0.25) is 0 Å². The molecule has 4 heteroatoms. The molecule has 1 aromatic heterocycles. The lowest BCUT2D eigenvalue weighted by molar-refractivity contribution is 0.508. The van der Waals surface area contributed by atoms with Crippen molar-refractivity contribution in [2.45, 2.75) is 20.0 Å². The Kier molecular flexibility index (Phi) is 2.44. The van der Waals surface area contributed by atoms with Crippen molar-refractivity contribution in [1.29, 1.82) is 0 Å². The largest absolute Gasteiger partial charge is 0.326 e. The third kappa shape index (κ3) is 1.74. The zero-order chi connectivity index (χ0) is 11.8. The van der Waals surface area contributed by atoms with Crippen LogP contribution in [-0.4, -0.2) is 16.1 Å². The van der Waals surface area contributed by atoms with Crippen LogP contribution in [0.15, 0.2) is 24.4 Å². The second-order valence-corrected chi connectivity index (χ2v) is 4.35. The molecule has 0 saturated carbocycles. The Balaban J connectivity index is 2.15. The molecule has 2 heterocycles. The van der Waals surface area contributed by atoms with Crippen LogP contribution in [-0.2, 0) is 13.1 Å². The maximum Gasteiger partial charge on any atom is 0.123 e. The van der Waals surface area contributed by atoms with Crippen LogP contribution in [0.25, 0.3) is 11.3 Å². The third-order valence-electron chi connectivity index (χ3n) is 3.21. The number of imidazole rings is 1. The predicted molar refractivity (Wildman–Crippen MR) is 64.1 cm³/mol. The molecule has 1 aromatic carbocycles. The molecule has 3 nitrogen and oxygen atoms in total. The van der Waals surface area contributed by atoms with Crippen molar-refractivity contribution >= 4 is 0 Å². The molecule has 0 radical (unpaired) electrons. The minimum absolute atomic E-state index is 0.199. The van der Waals surface area contributed by atoms with Gasteiger partial charge in [0.05, 0.1) is 18.4 Å². The molecule has 1 aliphatic rings. The van der Waals surface area contributed by atoms with Crippen LogP contribution in [0.4, 0.5) is 4.39 Å². The van der Waals surface area contributed by atoms with Crippen LogP contribution in [0.3, 0.4) is 0 Å². The number of halogens is 1. The van der Waals surface area contributed by atoms with E-state index < -0.39 is 0 Å². The summed E-state index contributed by atoms with van der Waals surface area (Å²) in [5, 5.41) is 3.27. The fourth-order valence-electron chi connectivity index (χ4n) is 2.28. The van der Waals surface area contributed by atoms with Crippen LogP contribution in [0, 0.1) is 12.7 Å². The van der Waals surface area contributed by atoms with E-state index in [0.717, 1.165) is 42.3 Å². The fraction of sp³-hybridized carbons (Fsp3) is 0.308. The van der Waals surface area contributed by atoms with Gasteiger partial charge >= 0.3 is 0 Å². The first kappa shape index (κ1) is 10.5. The van der Waals surface area contributed by atoms with E-state index in [0.29, 0.717) is 0 Å². The van der Waals surface area contributed by atoms with Gasteiger partial charge in [0.25, 0.3) is 0 Å². The number of hydrogen-bond acceptors (Lipinski definition) is 2. The van der Waals surface area contributed by atoms with Gasteiger partial charge in [0, 0.05) is 18.7 Å². The molecule has 1 N–H and O–H groups in total. The number of nitrogens with one attached hydrogen (secondary N) is 1. The Labute approximate surface area is 99.3 Å². The Morgan fingerprint density at radius 3 is 3.18 bits per heavy atom. The second-order valence-electron chi connectivity index (χ2n) is 4.35. The van der Waals surface area contributed by atoms with Gasteiger partial charge in [0.15, 0.2) is 0 Å². The summed E-state index contributed by atoms with van der Waals surface area (Å²) < 4.78 is 15.5. The number of aryl methyl sites for hydroxylation is 1. The van der Waals surface area contributed by atoms with Gasteiger partial charge in [-0.05, 0) is 24.6 Å². The number of nitrogens with zero attached hydrogens (tertiary/aromatic N) is 2. The minimum atomic E-state index is -0.199. The summed E-state index contributed by atoms with van der Waals surface area (Å²) >= 11 is 0. The van der Waals surface area contributed by atoms with Crippen LogP contribution in [0.1, 0.15) is 11.4 Å². The summed E-state index contributed by atoms with van der Waals surface area (Å²) in [4.78, 5) is 4.38. The van der Waals surface area contributed by atoms with Gasteiger partial charge in [0.2, 0.25) is 0 Å². The molecule has 0 saturated heterocycles.